The van der Waals surface area contributed by atoms with E-state index in [0.717, 1.165) is 43.7 Å². The van der Waals surface area contributed by atoms with Gasteiger partial charge in [0.1, 0.15) is 5.75 Å². The van der Waals surface area contributed by atoms with Crippen molar-refractivity contribution in [2.24, 2.45) is 5.92 Å². The lowest BCUT2D eigenvalue weighted by molar-refractivity contribution is -0.141. The molecule has 1 saturated heterocycles. The fourth-order valence-corrected chi connectivity index (χ4v) is 3.40. The van der Waals surface area contributed by atoms with Crippen LogP contribution in [-0.4, -0.2) is 62.6 Å². The van der Waals surface area contributed by atoms with E-state index in [9.17, 15) is 9.59 Å². The third-order valence-corrected chi connectivity index (χ3v) is 5.01. The number of methoxy groups -OCH3 is 2. The summed E-state index contributed by atoms with van der Waals surface area (Å²) in [6, 6.07) is 7.76. The Hall–Kier alpha value is -2.08. The van der Waals surface area contributed by atoms with Gasteiger partial charge in [-0.2, -0.15) is 0 Å². The average molecular weight is 362 g/mol. The number of amides is 1. The highest BCUT2D eigenvalue weighted by Crippen LogP contribution is 2.22. The number of hydrogen-bond donors (Lipinski definition) is 0. The van der Waals surface area contributed by atoms with Gasteiger partial charge >= 0.3 is 5.97 Å². The first kappa shape index (κ1) is 20.2. The van der Waals surface area contributed by atoms with Crippen molar-refractivity contribution in [1.82, 2.24) is 9.80 Å². The van der Waals surface area contributed by atoms with Gasteiger partial charge in [0.25, 0.3) is 0 Å². The van der Waals surface area contributed by atoms with Gasteiger partial charge in [-0.3, -0.25) is 14.5 Å². The van der Waals surface area contributed by atoms with Crippen LogP contribution in [0, 0.1) is 5.92 Å². The summed E-state index contributed by atoms with van der Waals surface area (Å²) in [5.74, 6) is 1.11. The Bertz CT molecular complexity index is 605. The monoisotopic (exact) mass is 362 g/mol. The summed E-state index contributed by atoms with van der Waals surface area (Å²) >= 11 is 0. The van der Waals surface area contributed by atoms with Crippen molar-refractivity contribution < 1.29 is 19.1 Å². The third-order valence-electron chi connectivity index (χ3n) is 5.01. The first-order valence-electron chi connectivity index (χ1n) is 9.18. The number of esters is 1. The lowest BCUT2D eigenvalue weighted by Crippen LogP contribution is -2.38. The summed E-state index contributed by atoms with van der Waals surface area (Å²) in [6.07, 6.45) is 3.42. The molecule has 0 unspecified atom stereocenters. The van der Waals surface area contributed by atoms with Crippen LogP contribution < -0.4 is 4.74 Å². The van der Waals surface area contributed by atoms with E-state index in [-0.39, 0.29) is 11.9 Å². The molecule has 0 N–H and O–H groups in total. The van der Waals surface area contributed by atoms with E-state index < -0.39 is 0 Å². The van der Waals surface area contributed by atoms with Crippen molar-refractivity contribution in [1.29, 1.82) is 0 Å². The van der Waals surface area contributed by atoms with Gasteiger partial charge in [0, 0.05) is 25.6 Å². The molecule has 1 aliphatic rings. The molecule has 0 aliphatic carbocycles. The number of para-hydroxylation sites is 1. The number of likely N-dealkylation sites (N-methyl/N-ethyl adjacent to an activating group) is 1. The van der Waals surface area contributed by atoms with Crippen LogP contribution in [0.25, 0.3) is 0 Å². The second-order valence-corrected chi connectivity index (χ2v) is 6.91. The molecule has 1 aromatic carbocycles. The number of likely N-dealkylation sites (tertiary alicyclic amines) is 1. The number of nitrogens with zero attached hydrogens (tertiary/aromatic N) is 2. The quantitative estimate of drug-likeness (QED) is 0.697. The van der Waals surface area contributed by atoms with Crippen molar-refractivity contribution in [2.45, 2.75) is 32.2 Å². The zero-order chi connectivity index (χ0) is 18.9. The second kappa shape index (κ2) is 10.2. The highest BCUT2D eigenvalue weighted by molar-refractivity contribution is 5.78. The number of ether oxygens (including phenoxy) is 2. The Kier molecular flexibility index (Phi) is 7.91. The molecule has 26 heavy (non-hydrogen) atoms. The van der Waals surface area contributed by atoms with Crippen LogP contribution in [0.15, 0.2) is 24.3 Å². The first-order chi connectivity index (χ1) is 12.5. The summed E-state index contributed by atoms with van der Waals surface area (Å²) in [5.41, 5.74) is 1.000. The molecule has 6 nitrogen and oxygen atoms in total. The predicted molar refractivity (Wildman–Crippen MR) is 99.9 cm³/mol. The van der Waals surface area contributed by atoms with E-state index in [1.165, 1.54) is 7.11 Å². The summed E-state index contributed by atoms with van der Waals surface area (Å²) in [4.78, 5) is 28.0. The van der Waals surface area contributed by atoms with Gasteiger partial charge in [0.15, 0.2) is 0 Å². The minimum atomic E-state index is -0.143. The number of carbonyl (C=O) groups excluding carboxylic acids is 2. The number of hydrogen-bond acceptors (Lipinski definition) is 5. The zero-order valence-corrected chi connectivity index (χ0v) is 16.1. The maximum Gasteiger partial charge on any atom is 0.305 e. The molecule has 6 heteroatoms. The SMILES string of the molecule is COC(=O)C[C@H]1CCCN(CC(=O)N(C)Cc2ccccc2OC)CC1. The van der Waals surface area contributed by atoms with Gasteiger partial charge in [0.2, 0.25) is 5.91 Å². The topological polar surface area (TPSA) is 59.1 Å². The summed E-state index contributed by atoms with van der Waals surface area (Å²) < 4.78 is 10.1. The van der Waals surface area contributed by atoms with Gasteiger partial charge in [-0.05, 0) is 44.3 Å². The lowest BCUT2D eigenvalue weighted by Gasteiger charge is -2.24. The van der Waals surface area contributed by atoms with Gasteiger partial charge in [-0.1, -0.05) is 18.2 Å². The van der Waals surface area contributed by atoms with Crippen LogP contribution in [0.4, 0.5) is 0 Å². The maximum atomic E-state index is 12.6. The molecule has 2 rings (SSSR count). The molecule has 144 valence electrons. The van der Waals surface area contributed by atoms with Crippen molar-refractivity contribution in [3.63, 3.8) is 0 Å². The van der Waals surface area contributed by atoms with Crippen LogP contribution in [-0.2, 0) is 20.9 Å². The minimum absolute atomic E-state index is 0.0994. The van der Waals surface area contributed by atoms with Gasteiger partial charge in [-0.25, -0.2) is 0 Å². The number of benzene rings is 1. The van der Waals surface area contributed by atoms with Gasteiger partial charge < -0.3 is 14.4 Å². The highest BCUT2D eigenvalue weighted by Gasteiger charge is 2.22. The maximum absolute atomic E-state index is 12.6. The molecular weight excluding hydrogens is 332 g/mol. The highest BCUT2D eigenvalue weighted by atomic mass is 16.5. The Balaban J connectivity index is 1.84. The van der Waals surface area contributed by atoms with Gasteiger partial charge in [-0.15, -0.1) is 0 Å². The molecule has 0 bridgehead atoms. The molecule has 0 radical (unpaired) electrons. The largest absolute Gasteiger partial charge is 0.496 e. The van der Waals surface area contributed by atoms with Crippen LogP contribution in [0.3, 0.4) is 0 Å². The van der Waals surface area contributed by atoms with Crippen LogP contribution >= 0.6 is 0 Å². The molecule has 1 aromatic rings. The predicted octanol–water partition coefficient (Wildman–Crippen LogP) is 2.32. The Labute approximate surface area is 156 Å². The molecule has 0 aromatic heterocycles. The molecule has 1 atom stereocenters. The van der Waals surface area contributed by atoms with Crippen molar-refractivity contribution in [3.8, 4) is 5.75 Å². The molecule has 0 saturated carbocycles. The van der Waals surface area contributed by atoms with E-state index in [1.54, 1.807) is 12.0 Å². The Morgan fingerprint density at radius 3 is 2.69 bits per heavy atom. The zero-order valence-electron chi connectivity index (χ0n) is 16.1. The number of carbonyl (C=O) groups is 2. The fraction of sp³-hybridized carbons (Fsp3) is 0.600. The van der Waals surface area contributed by atoms with Crippen molar-refractivity contribution in [3.05, 3.63) is 29.8 Å². The van der Waals surface area contributed by atoms with Crippen LogP contribution in [0.5, 0.6) is 5.75 Å². The van der Waals surface area contributed by atoms with E-state index >= 15 is 0 Å². The molecule has 1 heterocycles. The first-order valence-corrected chi connectivity index (χ1v) is 9.18. The molecular formula is C20H30N2O4. The second-order valence-electron chi connectivity index (χ2n) is 6.91. The van der Waals surface area contributed by atoms with E-state index in [4.69, 9.17) is 9.47 Å². The average Bonchev–Trinajstić information content (AvgIpc) is 2.87. The van der Waals surface area contributed by atoms with Crippen molar-refractivity contribution >= 4 is 11.9 Å². The van der Waals surface area contributed by atoms with Crippen LogP contribution in [0.1, 0.15) is 31.2 Å². The summed E-state index contributed by atoms with van der Waals surface area (Å²) in [6.45, 7) is 2.68. The van der Waals surface area contributed by atoms with Crippen LogP contribution in [0.2, 0.25) is 0 Å². The van der Waals surface area contributed by atoms with Crippen molar-refractivity contribution in [2.75, 3.05) is 40.9 Å². The van der Waals surface area contributed by atoms with E-state index in [1.807, 2.05) is 31.3 Å². The summed E-state index contributed by atoms with van der Waals surface area (Å²) in [7, 11) is 4.90. The lowest BCUT2D eigenvalue weighted by atomic mass is 9.97. The third kappa shape index (κ3) is 6.02. The van der Waals surface area contributed by atoms with E-state index in [2.05, 4.69) is 4.90 Å². The Morgan fingerprint density at radius 1 is 1.19 bits per heavy atom. The minimum Gasteiger partial charge on any atom is -0.496 e. The molecule has 1 aliphatic heterocycles. The normalized spacial score (nSPS) is 18.0. The molecule has 1 fully saturated rings. The molecule has 0 spiro atoms. The number of rotatable bonds is 7. The standard InChI is InChI=1S/C20H30N2O4/c1-21(14-17-8-4-5-9-18(17)25-2)19(23)15-22-11-6-7-16(10-12-22)13-20(24)26-3/h4-5,8-9,16H,6-7,10-15H2,1-3H3/t16-/m0/s1. The smallest absolute Gasteiger partial charge is 0.305 e. The summed E-state index contributed by atoms with van der Waals surface area (Å²) in [5, 5.41) is 0. The van der Waals surface area contributed by atoms with Gasteiger partial charge in [0.05, 0.1) is 20.8 Å². The fourth-order valence-electron chi connectivity index (χ4n) is 3.40. The Morgan fingerprint density at radius 2 is 1.96 bits per heavy atom. The molecule has 1 amide bonds. The van der Waals surface area contributed by atoms with E-state index in [0.29, 0.717) is 25.4 Å².